The van der Waals surface area contributed by atoms with Crippen molar-refractivity contribution < 1.29 is 0 Å². The molecule has 2 unspecified atom stereocenters. The van der Waals surface area contributed by atoms with E-state index in [0.717, 1.165) is 12.8 Å². The van der Waals surface area contributed by atoms with Crippen LogP contribution >= 0.6 is 0 Å². The van der Waals surface area contributed by atoms with E-state index in [9.17, 15) is 0 Å². The smallest absolute Gasteiger partial charge is 0.252 e. The van der Waals surface area contributed by atoms with E-state index in [1.54, 1.807) is 0 Å². The largest absolute Gasteiger partial charge is 0.330 e. The van der Waals surface area contributed by atoms with E-state index in [1.807, 2.05) is 0 Å². The lowest BCUT2D eigenvalue weighted by Gasteiger charge is -2.51. The fourth-order valence-electron chi connectivity index (χ4n) is 13.4. The molecule has 1 aliphatic carbocycles. The molecule has 0 fully saturated rings. The van der Waals surface area contributed by atoms with Gasteiger partial charge in [-0.15, -0.1) is 0 Å². The van der Waals surface area contributed by atoms with Crippen molar-refractivity contribution in [3.8, 4) is 11.1 Å². The summed E-state index contributed by atoms with van der Waals surface area (Å²) in [7, 11) is 0. The molecule has 0 saturated carbocycles. The molecule has 8 aromatic carbocycles. The van der Waals surface area contributed by atoms with Gasteiger partial charge in [-0.3, -0.25) is 0 Å². The van der Waals surface area contributed by atoms with E-state index in [0.29, 0.717) is 0 Å². The summed E-state index contributed by atoms with van der Waals surface area (Å²) in [5.74, 6) is 0. The van der Waals surface area contributed by atoms with Crippen molar-refractivity contribution in [3.05, 3.63) is 209 Å². The molecule has 3 aliphatic heterocycles. The Morgan fingerprint density at radius 1 is 0.405 bits per heavy atom. The van der Waals surface area contributed by atoms with Crippen LogP contribution in [-0.4, -0.2) is 6.71 Å². The Labute approximate surface area is 443 Å². The van der Waals surface area contributed by atoms with Crippen molar-refractivity contribution in [1.29, 1.82) is 0 Å². The van der Waals surface area contributed by atoms with E-state index in [1.165, 1.54) is 112 Å². The number of aryl methyl sites for hydroxylation is 1. The molecular weight excluding hydrogens is 894 g/mol. The Balaban J connectivity index is 1.18. The molecule has 4 heteroatoms. The lowest BCUT2D eigenvalue weighted by atomic mass is 9.33. The van der Waals surface area contributed by atoms with Crippen molar-refractivity contribution in [3.63, 3.8) is 0 Å². The molecule has 0 amide bonds. The number of benzene rings is 8. The summed E-state index contributed by atoms with van der Waals surface area (Å²) < 4.78 is 0. The summed E-state index contributed by atoms with van der Waals surface area (Å²) in [4.78, 5) is 8.03. The quantitative estimate of drug-likeness (QED) is 0.163. The second kappa shape index (κ2) is 16.4. The van der Waals surface area contributed by atoms with E-state index >= 15 is 0 Å². The first-order valence-corrected chi connectivity index (χ1v) is 27.3. The molecule has 3 nitrogen and oxygen atoms in total. The first-order chi connectivity index (χ1) is 35.0. The van der Waals surface area contributed by atoms with E-state index < -0.39 is 0 Å². The van der Waals surface area contributed by atoms with Gasteiger partial charge in [-0.1, -0.05) is 199 Å². The molecular formula is C70H74BN3. The predicted molar refractivity (Wildman–Crippen MR) is 319 cm³/mol. The van der Waals surface area contributed by atoms with Crippen molar-refractivity contribution in [2.24, 2.45) is 0 Å². The summed E-state index contributed by atoms with van der Waals surface area (Å²) in [5, 5.41) is 0. The van der Waals surface area contributed by atoms with Crippen molar-refractivity contribution in [2.75, 3.05) is 14.7 Å². The Morgan fingerprint density at radius 2 is 0.919 bits per heavy atom. The SMILES string of the molecule is CC(C)(C)c1ccc(N2c3cc(N4c5ccccc5C5(C)CCc6ccccc6C45C)ccc3B3c4ccc(C(C)(C)C)cc4N(c4ccc(C(C)(C)C)cc4-c4ccccc4)c4cc(C(C)(C)C)cc2c43)cc1. The van der Waals surface area contributed by atoms with E-state index in [4.69, 9.17) is 0 Å². The first kappa shape index (κ1) is 48.2. The van der Waals surface area contributed by atoms with Crippen LogP contribution < -0.4 is 31.1 Å². The third-order valence-corrected chi connectivity index (χ3v) is 17.9. The second-order valence-electron chi connectivity index (χ2n) is 26.6. The lowest BCUT2D eigenvalue weighted by Crippen LogP contribution is -2.61. The minimum Gasteiger partial charge on any atom is -0.330 e. The van der Waals surface area contributed by atoms with Gasteiger partial charge < -0.3 is 14.7 Å². The predicted octanol–water partition coefficient (Wildman–Crippen LogP) is 16.9. The van der Waals surface area contributed by atoms with Crippen LogP contribution in [0.4, 0.5) is 45.5 Å². The number of hydrogen-bond donors (Lipinski definition) is 0. The zero-order valence-corrected chi connectivity index (χ0v) is 46.5. The molecule has 0 spiro atoms. The molecule has 12 rings (SSSR count). The number of fused-ring (bicyclic) bond motifs is 9. The fourth-order valence-corrected chi connectivity index (χ4v) is 13.4. The van der Waals surface area contributed by atoms with Crippen molar-refractivity contribution >= 4 is 68.6 Å². The highest BCUT2D eigenvalue weighted by Gasteiger charge is 2.60. The van der Waals surface area contributed by atoms with Crippen molar-refractivity contribution in [1.82, 2.24) is 0 Å². The number of hydrogen-bond acceptors (Lipinski definition) is 3. The normalized spacial score (nSPS) is 18.8. The van der Waals surface area contributed by atoms with Crippen LogP contribution in [0.15, 0.2) is 170 Å². The molecule has 0 N–H and O–H groups in total. The summed E-state index contributed by atoms with van der Waals surface area (Å²) in [5.41, 5.74) is 25.3. The topological polar surface area (TPSA) is 9.72 Å². The van der Waals surface area contributed by atoms with Crippen LogP contribution in [-0.2, 0) is 39.0 Å². The zero-order valence-electron chi connectivity index (χ0n) is 46.5. The Morgan fingerprint density at radius 3 is 1.58 bits per heavy atom. The highest BCUT2D eigenvalue weighted by molar-refractivity contribution is 7.00. The maximum atomic E-state index is 2.73. The number of rotatable bonds is 4. The average molecular weight is 968 g/mol. The maximum absolute atomic E-state index is 2.73. The van der Waals surface area contributed by atoms with Gasteiger partial charge in [0.2, 0.25) is 0 Å². The fraction of sp³-hybridized carbons (Fsp3) is 0.314. The molecule has 2 atom stereocenters. The molecule has 74 heavy (non-hydrogen) atoms. The number of anilines is 8. The minimum absolute atomic E-state index is 0.0125. The zero-order chi connectivity index (χ0) is 52.1. The highest BCUT2D eigenvalue weighted by atomic mass is 15.3. The van der Waals surface area contributed by atoms with E-state index in [-0.39, 0.29) is 39.3 Å². The molecule has 0 aromatic heterocycles. The van der Waals surface area contributed by atoms with Crippen LogP contribution in [0.2, 0.25) is 0 Å². The van der Waals surface area contributed by atoms with Crippen LogP contribution in [0.3, 0.4) is 0 Å². The summed E-state index contributed by atoms with van der Waals surface area (Å²) in [6.07, 6.45) is 2.17. The van der Waals surface area contributed by atoms with Crippen LogP contribution in [0, 0.1) is 0 Å². The van der Waals surface area contributed by atoms with Gasteiger partial charge in [0.1, 0.15) is 0 Å². The average Bonchev–Trinajstić information content (AvgIpc) is 3.64. The van der Waals surface area contributed by atoms with Gasteiger partial charge in [-0.05, 0) is 163 Å². The van der Waals surface area contributed by atoms with E-state index in [2.05, 4.69) is 281 Å². The molecule has 8 aromatic rings. The molecule has 372 valence electrons. The van der Waals surface area contributed by atoms with Gasteiger partial charge in [0.05, 0.1) is 11.2 Å². The Kier molecular flexibility index (Phi) is 10.7. The second-order valence-corrected chi connectivity index (χ2v) is 26.6. The molecule has 0 radical (unpaired) electrons. The lowest BCUT2D eigenvalue weighted by molar-refractivity contribution is 0.245. The molecule has 4 aliphatic rings. The molecule has 0 saturated heterocycles. The number of para-hydroxylation sites is 1. The Bertz CT molecular complexity index is 3540. The number of nitrogens with zero attached hydrogens (tertiary/aromatic N) is 3. The van der Waals surface area contributed by atoms with Gasteiger partial charge >= 0.3 is 0 Å². The van der Waals surface area contributed by atoms with Gasteiger partial charge in [-0.25, -0.2) is 0 Å². The maximum Gasteiger partial charge on any atom is 0.252 e. The van der Waals surface area contributed by atoms with Gasteiger partial charge in [0.15, 0.2) is 0 Å². The minimum atomic E-state index is -0.321. The summed E-state index contributed by atoms with van der Waals surface area (Å²) >= 11 is 0. The third-order valence-electron chi connectivity index (χ3n) is 17.9. The van der Waals surface area contributed by atoms with Gasteiger partial charge in [0.25, 0.3) is 6.71 Å². The van der Waals surface area contributed by atoms with Gasteiger partial charge in [-0.2, -0.15) is 0 Å². The van der Waals surface area contributed by atoms with Crippen molar-refractivity contribution in [2.45, 2.75) is 142 Å². The molecule has 0 bridgehead atoms. The highest BCUT2D eigenvalue weighted by Crippen LogP contribution is 2.64. The summed E-state index contributed by atoms with van der Waals surface area (Å²) in [6, 6.07) is 66.5. The van der Waals surface area contributed by atoms with Gasteiger partial charge in [0, 0.05) is 50.8 Å². The van der Waals surface area contributed by atoms with Crippen LogP contribution in [0.5, 0.6) is 0 Å². The van der Waals surface area contributed by atoms with Crippen LogP contribution in [0.25, 0.3) is 11.1 Å². The van der Waals surface area contributed by atoms with Crippen LogP contribution in [0.1, 0.15) is 142 Å². The molecule has 3 heterocycles. The monoisotopic (exact) mass is 968 g/mol. The first-order valence-electron chi connectivity index (χ1n) is 27.3. The standard InChI is InChI=1S/C70H74BN3/c1-65(2,3)47-28-32-51(33-29-47)72-61-44-52(74-59-27-21-20-26-55(59)69(13)39-38-46-24-18-19-25-54(46)70(69,74)14)34-36-57(61)71-56-35-30-49(67(7,8)9)41-60(56)73(63-43-50(68(10,11)12)42-62(72)64(63)71)58-37-31-48(66(4,5)6)40-53(58)45-22-16-15-17-23-45/h15-37,40-44H,38-39H2,1-14H3. The third kappa shape index (κ3) is 7.21. The summed E-state index contributed by atoms with van der Waals surface area (Å²) in [6.45, 7) is 33.2. The Hall–Kier alpha value is -6.78.